The number of non-ortho nitro benzene ring substituents is 1. The number of nitro benzene ring substituents is 1. The summed E-state index contributed by atoms with van der Waals surface area (Å²) in [5.41, 5.74) is 2.81. The quantitative estimate of drug-likeness (QED) is 0.273. The molecule has 0 aliphatic carbocycles. The Morgan fingerprint density at radius 1 is 1.40 bits per heavy atom. The van der Waals surface area contributed by atoms with Crippen LogP contribution in [0.15, 0.2) is 47.6 Å². The highest BCUT2D eigenvalue weighted by Gasteiger charge is 2.40. The van der Waals surface area contributed by atoms with Gasteiger partial charge >= 0.3 is 0 Å². The lowest BCUT2D eigenvalue weighted by Gasteiger charge is -2.15. The number of rotatable bonds is 7. The van der Waals surface area contributed by atoms with E-state index < -0.39 is 22.7 Å². The Morgan fingerprint density at radius 3 is 2.80 bits per heavy atom. The summed E-state index contributed by atoms with van der Waals surface area (Å²) < 4.78 is 5.20. The lowest BCUT2D eigenvalue weighted by molar-refractivity contribution is -0.385. The molecule has 3 N–H and O–H groups in total. The Morgan fingerprint density at radius 2 is 2.13 bits per heavy atom. The maximum atomic E-state index is 12.6. The molecule has 0 spiro atoms. The second kappa shape index (κ2) is 9.03. The molecule has 1 aliphatic heterocycles. The number of nitrogens with zero attached hydrogens (tertiary/aromatic N) is 2. The predicted octanol–water partition coefficient (Wildman–Crippen LogP) is 1.68. The maximum absolute atomic E-state index is 12.6. The average molecular weight is 412 g/mol. The van der Waals surface area contributed by atoms with Crippen molar-refractivity contribution in [1.29, 1.82) is 0 Å². The molecule has 10 heteroatoms. The minimum Gasteiger partial charge on any atom is -0.504 e. The van der Waals surface area contributed by atoms with Gasteiger partial charge in [0.15, 0.2) is 11.5 Å². The van der Waals surface area contributed by atoms with Gasteiger partial charge in [-0.3, -0.25) is 19.7 Å². The number of phenols is 1. The number of hydrogen-bond donors (Lipinski definition) is 3. The number of carbonyl (C=O) groups is 2. The van der Waals surface area contributed by atoms with Crippen molar-refractivity contribution in [2.75, 3.05) is 13.2 Å². The van der Waals surface area contributed by atoms with Crippen LogP contribution in [0.5, 0.6) is 11.5 Å². The molecule has 156 valence electrons. The van der Waals surface area contributed by atoms with Gasteiger partial charge in [0.1, 0.15) is 5.92 Å². The SMILES string of the molecule is CCOc1cc([N+](=O)[O-])cc(C=NNC(=O)[C@@H]2C(=O)NC[C@@H]2c2ccccc2)c1O. The van der Waals surface area contributed by atoms with Crippen LogP contribution in [0.3, 0.4) is 0 Å². The molecule has 1 saturated heterocycles. The predicted molar refractivity (Wildman–Crippen MR) is 107 cm³/mol. The van der Waals surface area contributed by atoms with Gasteiger partial charge in [-0.25, -0.2) is 5.43 Å². The molecule has 0 bridgehead atoms. The molecule has 0 aromatic heterocycles. The van der Waals surface area contributed by atoms with E-state index >= 15 is 0 Å². The van der Waals surface area contributed by atoms with Crippen molar-refractivity contribution in [2.24, 2.45) is 11.0 Å². The molecular formula is C20H20N4O6. The van der Waals surface area contributed by atoms with Crippen molar-refractivity contribution < 1.29 is 24.4 Å². The molecule has 2 amide bonds. The summed E-state index contributed by atoms with van der Waals surface area (Å²) in [6, 6.07) is 11.4. The third-order valence-electron chi connectivity index (χ3n) is 4.67. The number of phenolic OH excluding ortho intramolecular Hbond substituents is 1. The fourth-order valence-corrected chi connectivity index (χ4v) is 3.25. The summed E-state index contributed by atoms with van der Waals surface area (Å²) in [6.07, 6.45) is 1.06. The van der Waals surface area contributed by atoms with E-state index in [4.69, 9.17) is 4.74 Å². The van der Waals surface area contributed by atoms with E-state index in [-0.39, 0.29) is 35.3 Å². The number of aromatic hydroxyl groups is 1. The third-order valence-corrected chi connectivity index (χ3v) is 4.67. The lowest BCUT2D eigenvalue weighted by Crippen LogP contribution is -2.34. The first-order valence-electron chi connectivity index (χ1n) is 9.22. The highest BCUT2D eigenvalue weighted by molar-refractivity contribution is 6.03. The first-order valence-corrected chi connectivity index (χ1v) is 9.22. The second-order valence-corrected chi connectivity index (χ2v) is 6.55. The zero-order valence-corrected chi connectivity index (χ0v) is 16.1. The minimum absolute atomic E-state index is 0.0107. The maximum Gasteiger partial charge on any atom is 0.274 e. The highest BCUT2D eigenvalue weighted by atomic mass is 16.6. The number of carbonyl (C=O) groups excluding carboxylic acids is 2. The molecule has 1 heterocycles. The molecule has 1 aliphatic rings. The van der Waals surface area contributed by atoms with Crippen molar-refractivity contribution in [3.63, 3.8) is 0 Å². The molecule has 2 aromatic rings. The van der Waals surface area contributed by atoms with E-state index in [0.29, 0.717) is 6.54 Å². The van der Waals surface area contributed by atoms with E-state index in [1.165, 1.54) is 0 Å². The van der Waals surface area contributed by atoms with Gasteiger partial charge in [-0.2, -0.15) is 5.10 Å². The fourth-order valence-electron chi connectivity index (χ4n) is 3.25. The van der Waals surface area contributed by atoms with Crippen LogP contribution in [0, 0.1) is 16.0 Å². The summed E-state index contributed by atoms with van der Waals surface area (Å²) in [5.74, 6) is -2.76. The van der Waals surface area contributed by atoms with Gasteiger partial charge in [0, 0.05) is 24.1 Å². The van der Waals surface area contributed by atoms with E-state index in [0.717, 1.165) is 23.9 Å². The number of hydrogen-bond acceptors (Lipinski definition) is 7. The van der Waals surface area contributed by atoms with Crippen LogP contribution in [-0.4, -0.2) is 41.2 Å². The Hall–Kier alpha value is -3.95. The van der Waals surface area contributed by atoms with Crippen molar-refractivity contribution in [3.05, 3.63) is 63.7 Å². The highest BCUT2D eigenvalue weighted by Crippen LogP contribution is 2.34. The van der Waals surface area contributed by atoms with Gasteiger partial charge in [-0.15, -0.1) is 0 Å². The molecular weight excluding hydrogens is 392 g/mol. The Labute approximate surface area is 171 Å². The molecule has 0 radical (unpaired) electrons. The second-order valence-electron chi connectivity index (χ2n) is 6.55. The molecule has 30 heavy (non-hydrogen) atoms. The van der Waals surface area contributed by atoms with Gasteiger partial charge in [-0.1, -0.05) is 30.3 Å². The Kier molecular flexibility index (Phi) is 6.26. The van der Waals surface area contributed by atoms with E-state index in [2.05, 4.69) is 15.8 Å². The first kappa shape index (κ1) is 20.8. The van der Waals surface area contributed by atoms with Crippen molar-refractivity contribution in [1.82, 2.24) is 10.7 Å². The Bertz CT molecular complexity index is 992. The Balaban J connectivity index is 1.78. The average Bonchev–Trinajstić information content (AvgIpc) is 3.12. The summed E-state index contributed by atoms with van der Waals surface area (Å²) in [4.78, 5) is 35.2. The van der Waals surface area contributed by atoms with Crippen LogP contribution in [0.2, 0.25) is 0 Å². The van der Waals surface area contributed by atoms with Crippen LogP contribution in [0.1, 0.15) is 24.0 Å². The van der Waals surface area contributed by atoms with Crippen molar-refractivity contribution in [2.45, 2.75) is 12.8 Å². The molecule has 2 aromatic carbocycles. The fraction of sp³-hybridized carbons (Fsp3) is 0.250. The van der Waals surface area contributed by atoms with Crippen LogP contribution in [-0.2, 0) is 9.59 Å². The van der Waals surface area contributed by atoms with Crippen LogP contribution >= 0.6 is 0 Å². The zero-order valence-electron chi connectivity index (χ0n) is 16.1. The molecule has 10 nitrogen and oxygen atoms in total. The standard InChI is InChI=1S/C20H20N4O6/c1-2-30-16-9-14(24(28)29)8-13(18(16)25)10-22-23-20(27)17-15(11-21-19(17)26)12-6-4-3-5-7-12/h3-10,15,17,25H,2,11H2,1H3,(H,21,26)(H,23,27)/t15-,17+/m1/s1. The lowest BCUT2D eigenvalue weighted by atomic mass is 9.88. The smallest absolute Gasteiger partial charge is 0.274 e. The number of ether oxygens (including phenoxy) is 1. The van der Waals surface area contributed by atoms with Gasteiger partial charge in [0.25, 0.3) is 11.6 Å². The molecule has 0 saturated carbocycles. The normalized spacial score (nSPS) is 18.2. The number of hydrazone groups is 1. The number of nitro groups is 1. The summed E-state index contributed by atoms with van der Waals surface area (Å²) >= 11 is 0. The number of amides is 2. The van der Waals surface area contributed by atoms with Crippen LogP contribution in [0.4, 0.5) is 5.69 Å². The first-order chi connectivity index (χ1) is 14.4. The summed E-state index contributed by atoms with van der Waals surface area (Å²) in [7, 11) is 0. The molecule has 1 fully saturated rings. The van der Waals surface area contributed by atoms with Crippen LogP contribution < -0.4 is 15.5 Å². The zero-order chi connectivity index (χ0) is 21.7. The van der Waals surface area contributed by atoms with E-state index in [1.807, 2.05) is 30.3 Å². The minimum atomic E-state index is -0.970. The topological polar surface area (TPSA) is 143 Å². The largest absolute Gasteiger partial charge is 0.504 e. The third kappa shape index (κ3) is 4.37. The number of benzene rings is 2. The van der Waals surface area contributed by atoms with E-state index in [1.54, 1.807) is 6.92 Å². The summed E-state index contributed by atoms with van der Waals surface area (Å²) in [5, 5.41) is 27.8. The van der Waals surface area contributed by atoms with E-state index in [9.17, 15) is 24.8 Å². The molecule has 3 rings (SSSR count). The van der Waals surface area contributed by atoms with Gasteiger partial charge in [0.2, 0.25) is 5.91 Å². The van der Waals surface area contributed by atoms with Gasteiger partial charge in [-0.05, 0) is 12.5 Å². The van der Waals surface area contributed by atoms with Crippen molar-refractivity contribution >= 4 is 23.7 Å². The van der Waals surface area contributed by atoms with Crippen molar-refractivity contribution in [3.8, 4) is 11.5 Å². The molecule has 2 atom stereocenters. The van der Waals surface area contributed by atoms with Crippen LogP contribution in [0.25, 0.3) is 0 Å². The number of nitrogens with one attached hydrogen (secondary N) is 2. The van der Waals surface area contributed by atoms with Gasteiger partial charge in [0.05, 0.1) is 23.8 Å². The van der Waals surface area contributed by atoms with Gasteiger partial charge < -0.3 is 15.2 Å². The monoisotopic (exact) mass is 412 g/mol. The molecule has 0 unspecified atom stereocenters. The summed E-state index contributed by atoms with van der Waals surface area (Å²) in [6.45, 7) is 2.19.